The molecule has 4 rings (SSSR count). The summed E-state index contributed by atoms with van der Waals surface area (Å²) in [6, 6.07) is 9.80. The second kappa shape index (κ2) is 8.10. The Morgan fingerprint density at radius 2 is 2.11 bits per heavy atom. The van der Waals surface area contributed by atoms with Gasteiger partial charge in [0.15, 0.2) is 0 Å². The van der Waals surface area contributed by atoms with Crippen LogP contribution in [0.5, 0.6) is 0 Å². The first kappa shape index (κ1) is 18.6. The molecule has 8 heteroatoms. The van der Waals surface area contributed by atoms with E-state index in [1.54, 1.807) is 13.2 Å². The van der Waals surface area contributed by atoms with Crippen molar-refractivity contribution in [1.29, 1.82) is 0 Å². The minimum atomic E-state index is 0.512. The average Bonchev–Trinajstić information content (AvgIpc) is 3.11. The van der Waals surface area contributed by atoms with Crippen molar-refractivity contribution in [3.05, 3.63) is 45.9 Å². The Balaban J connectivity index is 1.57. The van der Waals surface area contributed by atoms with Crippen LogP contribution in [0, 0.1) is 0 Å². The summed E-state index contributed by atoms with van der Waals surface area (Å²) >= 11 is 13.7. The molecular formula is C19H18Cl2N4OS. The zero-order valence-corrected chi connectivity index (χ0v) is 17.1. The van der Waals surface area contributed by atoms with Gasteiger partial charge in [0.25, 0.3) is 0 Å². The Kier molecular flexibility index (Phi) is 5.59. The smallest absolute Gasteiger partial charge is 0.231 e. The van der Waals surface area contributed by atoms with Crippen molar-refractivity contribution in [2.75, 3.05) is 31.7 Å². The number of benzene rings is 2. The number of methoxy groups -OCH3 is 1. The third-order valence-electron chi connectivity index (χ3n) is 4.53. The molecule has 0 saturated heterocycles. The maximum absolute atomic E-state index is 6.24. The number of aryl methyl sites for hydroxylation is 1. The van der Waals surface area contributed by atoms with E-state index < -0.39 is 0 Å². The van der Waals surface area contributed by atoms with E-state index in [4.69, 9.17) is 27.9 Å². The molecule has 2 heterocycles. The van der Waals surface area contributed by atoms with Gasteiger partial charge in [-0.1, -0.05) is 34.5 Å². The molecule has 0 radical (unpaired) electrons. The number of hydrogen-bond acceptors (Lipinski definition) is 6. The lowest BCUT2D eigenvalue weighted by Crippen LogP contribution is -2.32. The topological polar surface area (TPSA) is 50.1 Å². The van der Waals surface area contributed by atoms with E-state index in [1.165, 1.54) is 22.6 Å². The van der Waals surface area contributed by atoms with Gasteiger partial charge in [-0.05, 0) is 48.7 Å². The summed E-state index contributed by atoms with van der Waals surface area (Å²) in [5, 5.41) is 10.3. The molecule has 0 atom stereocenters. The number of nitrogens with zero attached hydrogens (tertiary/aromatic N) is 4. The number of fused-ring (bicyclic) bond motifs is 2. The molecule has 0 amide bonds. The zero-order valence-electron chi connectivity index (χ0n) is 14.8. The summed E-state index contributed by atoms with van der Waals surface area (Å²) in [5.41, 5.74) is 4.17. The second-order valence-corrected chi connectivity index (χ2v) is 8.07. The summed E-state index contributed by atoms with van der Waals surface area (Å²) in [7, 11) is 1.73. The van der Waals surface area contributed by atoms with Crippen molar-refractivity contribution < 1.29 is 4.74 Å². The maximum Gasteiger partial charge on any atom is 0.231 e. The molecule has 27 heavy (non-hydrogen) atoms. The van der Waals surface area contributed by atoms with E-state index in [-0.39, 0.29) is 0 Å². The van der Waals surface area contributed by atoms with Crippen LogP contribution in [0.15, 0.2) is 40.6 Å². The molecular weight excluding hydrogens is 403 g/mol. The van der Waals surface area contributed by atoms with Gasteiger partial charge in [-0.15, -0.1) is 10.2 Å². The standard InChI is InChI=1S/C19H18Cl2N4OS/c1-26-10-9-25-8-2-3-12-11-13(4-7-16(12)25)23-24-19-22-15-6-5-14(20)17(21)18(15)27-19/h4-7,11H,2-3,8-10H2,1H3/b24-23+. The molecule has 1 aromatic heterocycles. The van der Waals surface area contributed by atoms with Crippen LogP contribution < -0.4 is 4.90 Å². The molecule has 0 saturated carbocycles. The molecule has 0 fully saturated rings. The van der Waals surface area contributed by atoms with Crippen molar-refractivity contribution in [2.24, 2.45) is 10.2 Å². The summed E-state index contributed by atoms with van der Waals surface area (Å²) in [6.07, 6.45) is 2.19. The Morgan fingerprint density at radius 1 is 1.22 bits per heavy atom. The monoisotopic (exact) mass is 420 g/mol. The zero-order chi connectivity index (χ0) is 18.8. The van der Waals surface area contributed by atoms with E-state index in [0.29, 0.717) is 15.2 Å². The highest BCUT2D eigenvalue weighted by Gasteiger charge is 2.17. The van der Waals surface area contributed by atoms with Gasteiger partial charge in [0.2, 0.25) is 5.13 Å². The second-order valence-electron chi connectivity index (χ2n) is 6.30. The number of aromatic nitrogens is 1. The van der Waals surface area contributed by atoms with Crippen LogP contribution in [-0.2, 0) is 11.2 Å². The quantitative estimate of drug-likeness (QED) is 0.447. The van der Waals surface area contributed by atoms with Crippen LogP contribution in [0.3, 0.4) is 0 Å². The normalized spacial score (nSPS) is 14.3. The Hall–Kier alpha value is -1.73. The van der Waals surface area contributed by atoms with Crippen LogP contribution in [0.25, 0.3) is 10.2 Å². The third kappa shape index (κ3) is 3.94. The minimum Gasteiger partial charge on any atom is -0.383 e. The number of azo groups is 1. The average molecular weight is 421 g/mol. The predicted octanol–water partition coefficient (Wildman–Crippen LogP) is 6.42. The van der Waals surface area contributed by atoms with Crippen LogP contribution in [0.4, 0.5) is 16.5 Å². The molecule has 0 spiro atoms. The van der Waals surface area contributed by atoms with Crippen LogP contribution in [0.1, 0.15) is 12.0 Å². The third-order valence-corrected chi connectivity index (χ3v) is 6.42. The SMILES string of the molecule is COCCN1CCCc2cc(/N=N/c3nc4ccc(Cl)c(Cl)c4s3)ccc21. The van der Waals surface area contributed by atoms with Gasteiger partial charge in [-0.3, -0.25) is 0 Å². The van der Waals surface area contributed by atoms with Crippen molar-refractivity contribution >= 4 is 61.3 Å². The number of halogens is 2. The fraction of sp³-hybridized carbons (Fsp3) is 0.316. The van der Waals surface area contributed by atoms with Gasteiger partial charge in [-0.25, -0.2) is 4.98 Å². The van der Waals surface area contributed by atoms with Gasteiger partial charge in [-0.2, -0.15) is 0 Å². The molecule has 5 nitrogen and oxygen atoms in total. The first-order valence-corrected chi connectivity index (χ1v) is 10.3. The molecule has 1 aliphatic rings. The molecule has 0 bridgehead atoms. The lowest BCUT2D eigenvalue weighted by Gasteiger charge is -2.31. The van der Waals surface area contributed by atoms with Crippen LogP contribution in [-0.4, -0.2) is 31.8 Å². The van der Waals surface area contributed by atoms with Gasteiger partial charge in [0, 0.05) is 25.9 Å². The van der Waals surface area contributed by atoms with E-state index in [0.717, 1.165) is 48.4 Å². The summed E-state index contributed by atoms with van der Waals surface area (Å²) in [6.45, 7) is 2.69. The summed E-state index contributed by atoms with van der Waals surface area (Å²) in [4.78, 5) is 6.82. The summed E-state index contributed by atoms with van der Waals surface area (Å²) < 4.78 is 6.04. The molecule has 0 N–H and O–H groups in total. The van der Waals surface area contributed by atoms with Gasteiger partial charge in [0.05, 0.1) is 32.6 Å². The number of anilines is 1. The molecule has 0 aliphatic carbocycles. The fourth-order valence-corrected chi connectivity index (χ4v) is 4.54. The van der Waals surface area contributed by atoms with Crippen molar-refractivity contribution in [1.82, 2.24) is 4.98 Å². The Bertz CT molecular complexity index is 1000. The molecule has 2 aromatic carbocycles. The van der Waals surface area contributed by atoms with Gasteiger partial charge in [0.1, 0.15) is 0 Å². The Labute approximate surface area is 171 Å². The molecule has 1 aliphatic heterocycles. The van der Waals surface area contributed by atoms with E-state index in [1.807, 2.05) is 12.1 Å². The lowest BCUT2D eigenvalue weighted by molar-refractivity contribution is 0.205. The first-order chi connectivity index (χ1) is 13.2. The summed E-state index contributed by atoms with van der Waals surface area (Å²) in [5.74, 6) is 0. The lowest BCUT2D eigenvalue weighted by atomic mass is 10.0. The first-order valence-electron chi connectivity index (χ1n) is 8.69. The number of ether oxygens (including phenoxy) is 1. The minimum absolute atomic E-state index is 0.512. The predicted molar refractivity (Wildman–Crippen MR) is 113 cm³/mol. The van der Waals surface area contributed by atoms with E-state index >= 15 is 0 Å². The molecule has 140 valence electrons. The van der Waals surface area contributed by atoms with Gasteiger partial charge < -0.3 is 9.64 Å². The van der Waals surface area contributed by atoms with Crippen LogP contribution in [0.2, 0.25) is 10.0 Å². The van der Waals surface area contributed by atoms with E-state index in [2.05, 4.69) is 32.2 Å². The van der Waals surface area contributed by atoms with Gasteiger partial charge >= 0.3 is 0 Å². The molecule has 0 unspecified atom stereocenters. The number of rotatable bonds is 5. The number of hydrogen-bond donors (Lipinski definition) is 0. The highest BCUT2D eigenvalue weighted by Crippen LogP contribution is 2.38. The van der Waals surface area contributed by atoms with Crippen molar-refractivity contribution in [3.8, 4) is 0 Å². The Morgan fingerprint density at radius 3 is 2.96 bits per heavy atom. The fourth-order valence-electron chi connectivity index (χ4n) is 3.22. The molecule has 3 aromatic rings. The van der Waals surface area contributed by atoms with E-state index in [9.17, 15) is 0 Å². The van der Waals surface area contributed by atoms with Crippen molar-refractivity contribution in [2.45, 2.75) is 12.8 Å². The highest BCUT2D eigenvalue weighted by atomic mass is 35.5. The van der Waals surface area contributed by atoms with Crippen LogP contribution >= 0.6 is 34.5 Å². The highest BCUT2D eigenvalue weighted by molar-refractivity contribution is 7.22. The largest absolute Gasteiger partial charge is 0.383 e. The number of thiazole rings is 1. The maximum atomic E-state index is 6.24. The van der Waals surface area contributed by atoms with Crippen molar-refractivity contribution in [3.63, 3.8) is 0 Å².